The molecule has 0 aromatic heterocycles. The number of rotatable bonds is 8. The maximum atomic E-state index is 10.8. The monoisotopic (exact) mass is 630 g/mol. The first-order chi connectivity index (χ1) is 16.5. The zero-order valence-corrected chi connectivity index (χ0v) is 20.7. The predicted molar refractivity (Wildman–Crippen MR) is 103 cm³/mol. The molecule has 35 heavy (non-hydrogen) atoms. The summed E-state index contributed by atoms with van der Waals surface area (Å²) in [6.07, 6.45) is -23.0. The van der Waals surface area contributed by atoms with Gasteiger partial charge in [-0.3, -0.25) is 0 Å². The van der Waals surface area contributed by atoms with E-state index in [0.29, 0.717) is 0 Å². The number of hydrogen-bond acceptors (Lipinski definition) is 16. The number of aliphatic hydroxyl groups excluding tert-OH is 9. The van der Waals surface area contributed by atoms with Crippen molar-refractivity contribution in [3.8, 4) is 0 Å². The first-order valence-electron chi connectivity index (χ1n) is 10.8. The number of aliphatic hydroxyl groups is 9. The van der Waals surface area contributed by atoms with Crippen LogP contribution in [0.25, 0.3) is 0 Å². The SMILES string of the molecule is C[C@H]1O[C@@H](O[C@@H]2C(O[C@@H]3O[C@H](CO)[C@H](O)[C@H](O)[C@H]3O)[C@@H](O)[C@@H](CO)O[C@H]2O[I-]N)[C@@H](O)[C@H](O)[C@@H]1O. The molecule has 0 aliphatic carbocycles. The van der Waals surface area contributed by atoms with Crippen LogP contribution in [0.1, 0.15) is 6.92 Å². The Morgan fingerprint density at radius 2 is 1.11 bits per heavy atom. The van der Waals surface area contributed by atoms with E-state index in [1.54, 1.807) is 0 Å². The van der Waals surface area contributed by atoms with Gasteiger partial charge in [0, 0.05) is 0 Å². The van der Waals surface area contributed by atoms with Crippen LogP contribution in [0.2, 0.25) is 0 Å². The minimum absolute atomic E-state index is 0.699. The van der Waals surface area contributed by atoms with E-state index < -0.39 is 127 Å². The van der Waals surface area contributed by atoms with Gasteiger partial charge in [-0.05, 0) is 0 Å². The van der Waals surface area contributed by atoms with Gasteiger partial charge in [0.15, 0.2) is 0 Å². The van der Waals surface area contributed by atoms with E-state index in [-0.39, 0.29) is 0 Å². The van der Waals surface area contributed by atoms with E-state index >= 15 is 0 Å². The summed E-state index contributed by atoms with van der Waals surface area (Å²) in [7, 11) is 0. The van der Waals surface area contributed by atoms with Gasteiger partial charge in [0.25, 0.3) is 0 Å². The van der Waals surface area contributed by atoms with Gasteiger partial charge in [-0.1, -0.05) is 0 Å². The second-order valence-corrected chi connectivity index (χ2v) is 9.49. The molecule has 0 aromatic carbocycles. The van der Waals surface area contributed by atoms with Crippen molar-refractivity contribution < 1.29 is 94.6 Å². The maximum absolute atomic E-state index is 10.8. The van der Waals surface area contributed by atoms with Crippen molar-refractivity contribution in [1.29, 1.82) is 0 Å². The van der Waals surface area contributed by atoms with Gasteiger partial charge in [-0.25, -0.2) is 0 Å². The van der Waals surface area contributed by atoms with Gasteiger partial charge in [-0.15, -0.1) is 0 Å². The first-order valence-corrected chi connectivity index (χ1v) is 12.9. The topological polar surface area (TPSA) is 263 Å². The van der Waals surface area contributed by atoms with E-state index in [9.17, 15) is 46.0 Å². The second kappa shape index (κ2) is 12.8. The Morgan fingerprint density at radius 3 is 1.69 bits per heavy atom. The van der Waals surface area contributed by atoms with E-state index in [2.05, 4.69) is 0 Å². The van der Waals surface area contributed by atoms with Gasteiger partial charge in [0.2, 0.25) is 0 Å². The molecular weight excluding hydrogens is 597 g/mol. The molecule has 17 heteroatoms. The van der Waals surface area contributed by atoms with Gasteiger partial charge in [0.05, 0.1) is 0 Å². The Hall–Kier alpha value is 0.0900. The Balaban J connectivity index is 1.88. The molecule has 11 N–H and O–H groups in total. The number of halogens is 1. The van der Waals surface area contributed by atoms with E-state index in [1.165, 1.54) is 6.92 Å². The molecule has 1 unspecified atom stereocenters. The Labute approximate surface area is 210 Å². The van der Waals surface area contributed by atoms with Crippen molar-refractivity contribution in [2.45, 2.75) is 99.0 Å². The molecule has 3 aliphatic heterocycles. The molecule has 0 radical (unpaired) electrons. The van der Waals surface area contributed by atoms with Crippen molar-refractivity contribution in [3.05, 3.63) is 0 Å². The van der Waals surface area contributed by atoms with Crippen molar-refractivity contribution in [2.75, 3.05) is 13.2 Å². The Morgan fingerprint density at radius 1 is 0.629 bits per heavy atom. The number of nitrogens with two attached hydrogens (primary N) is 1. The molecule has 208 valence electrons. The van der Waals surface area contributed by atoms with Crippen LogP contribution in [0.3, 0.4) is 0 Å². The molecule has 3 rings (SSSR count). The van der Waals surface area contributed by atoms with Crippen LogP contribution in [0.5, 0.6) is 0 Å². The molecule has 16 nitrogen and oxygen atoms in total. The summed E-state index contributed by atoms with van der Waals surface area (Å²) in [5, 5.41) is 90.7. The zero-order valence-electron chi connectivity index (χ0n) is 18.5. The van der Waals surface area contributed by atoms with Crippen molar-refractivity contribution in [2.24, 2.45) is 3.95 Å². The molecule has 3 saturated heterocycles. The third-order valence-electron chi connectivity index (χ3n) is 6.18. The minimum atomic E-state index is -1.83. The van der Waals surface area contributed by atoms with Gasteiger partial charge in [-0.2, -0.15) is 0 Å². The van der Waals surface area contributed by atoms with E-state index in [4.69, 9.17) is 30.7 Å². The van der Waals surface area contributed by atoms with Gasteiger partial charge >= 0.3 is 211 Å². The number of hydrogen-bond donors (Lipinski definition) is 10. The van der Waals surface area contributed by atoms with Crippen LogP contribution < -0.4 is 25.8 Å². The predicted octanol–water partition coefficient (Wildman–Crippen LogP) is -9.64. The summed E-state index contributed by atoms with van der Waals surface area (Å²) >= 11 is -1.42. The van der Waals surface area contributed by atoms with Crippen LogP contribution in [-0.2, 0) is 26.8 Å². The molecular formula is C18H33INO15-. The van der Waals surface area contributed by atoms with Crippen LogP contribution in [0.15, 0.2) is 0 Å². The standard InChI is InChI=1S/C18H33INO15/c1-4-7(23)10(26)12(28)16(30-4)34-15-14(9(25)6(3-22)32-18(15)35-19-20)33-17-13(29)11(27)8(24)5(2-21)31-17/h4-18,21-29H,2-3,20H2,1H3/q-1/t4-,5-,6-,7-,8+,9+,10-,11+,12+,13-,14?,15-,16+,17+,18+/m1/s1. The average molecular weight is 630 g/mol. The Bertz CT molecular complexity index is 665. The van der Waals surface area contributed by atoms with Crippen LogP contribution in [0.4, 0.5) is 0 Å². The molecule has 15 atom stereocenters. The van der Waals surface area contributed by atoms with E-state index in [1.807, 2.05) is 0 Å². The van der Waals surface area contributed by atoms with Crippen LogP contribution in [-0.4, -0.2) is 151 Å². The summed E-state index contributed by atoms with van der Waals surface area (Å²) in [5.41, 5.74) is 0. The van der Waals surface area contributed by atoms with Gasteiger partial charge < -0.3 is 0 Å². The Kier molecular flexibility index (Phi) is 10.8. The summed E-state index contributed by atoms with van der Waals surface area (Å²) in [6, 6.07) is 0. The fourth-order valence-corrected chi connectivity index (χ4v) is 4.78. The van der Waals surface area contributed by atoms with Crippen molar-refractivity contribution >= 4 is 0 Å². The summed E-state index contributed by atoms with van der Waals surface area (Å²) < 4.78 is 38.7. The average Bonchev–Trinajstić information content (AvgIpc) is 2.84. The summed E-state index contributed by atoms with van der Waals surface area (Å²) in [4.78, 5) is 0. The fraction of sp³-hybridized carbons (Fsp3) is 1.00. The van der Waals surface area contributed by atoms with Crippen molar-refractivity contribution in [1.82, 2.24) is 0 Å². The quantitative estimate of drug-likeness (QED) is 0.0882. The third kappa shape index (κ3) is 6.23. The van der Waals surface area contributed by atoms with Crippen LogP contribution >= 0.6 is 0 Å². The molecule has 0 aromatic rings. The normalized spacial score (nSPS) is 51.5. The van der Waals surface area contributed by atoms with Crippen LogP contribution in [0, 0.1) is 0 Å². The van der Waals surface area contributed by atoms with Crippen molar-refractivity contribution in [3.63, 3.8) is 0 Å². The molecule has 0 bridgehead atoms. The second-order valence-electron chi connectivity index (χ2n) is 8.47. The summed E-state index contributed by atoms with van der Waals surface area (Å²) in [5.74, 6) is 0. The zero-order chi connectivity index (χ0) is 26.0. The van der Waals surface area contributed by atoms with Gasteiger partial charge in [0.1, 0.15) is 0 Å². The third-order valence-corrected chi connectivity index (χ3v) is 6.97. The molecule has 3 heterocycles. The molecule has 0 spiro atoms. The van der Waals surface area contributed by atoms with E-state index in [0.717, 1.165) is 0 Å². The first kappa shape index (κ1) is 29.6. The molecule has 3 fully saturated rings. The molecule has 0 saturated carbocycles. The fourth-order valence-electron chi connectivity index (χ4n) is 4.08. The molecule has 0 amide bonds. The number of ether oxygens (including phenoxy) is 5. The molecule has 3 aliphatic rings. The summed E-state index contributed by atoms with van der Waals surface area (Å²) in [6.45, 7) is -0.00896.